The van der Waals surface area contributed by atoms with Gasteiger partial charge in [-0.25, -0.2) is 0 Å². The Bertz CT molecular complexity index is 454. The molecule has 1 aliphatic carbocycles. The number of aliphatic hydroxyl groups excluding tert-OH is 1. The fourth-order valence-corrected chi connectivity index (χ4v) is 2.37. The summed E-state index contributed by atoms with van der Waals surface area (Å²) in [6, 6.07) is 8.27. The van der Waals surface area contributed by atoms with Gasteiger partial charge in [-0.3, -0.25) is 4.90 Å². The molecule has 0 aliphatic heterocycles. The lowest BCUT2D eigenvalue weighted by atomic mass is 10.1. The minimum absolute atomic E-state index is 0.0743. The highest BCUT2D eigenvalue weighted by Crippen LogP contribution is 2.30. The van der Waals surface area contributed by atoms with Crippen LogP contribution < -0.4 is 0 Å². The van der Waals surface area contributed by atoms with Crippen LogP contribution in [0, 0.1) is 17.8 Å². The van der Waals surface area contributed by atoms with Gasteiger partial charge in [0.2, 0.25) is 0 Å². The van der Waals surface area contributed by atoms with E-state index in [9.17, 15) is 0 Å². The van der Waals surface area contributed by atoms with Crippen LogP contribution in [-0.2, 0) is 6.54 Å². The normalized spacial score (nSPS) is 14.3. The molecule has 102 valence electrons. The smallest absolute Gasteiger partial charge is 0.104 e. The van der Waals surface area contributed by atoms with Crippen molar-refractivity contribution >= 4 is 0 Å². The Kier molecular flexibility index (Phi) is 5.44. The van der Waals surface area contributed by atoms with Crippen molar-refractivity contribution in [2.24, 2.45) is 5.92 Å². The van der Waals surface area contributed by atoms with E-state index < -0.39 is 0 Å². The minimum atomic E-state index is -0.0743. The zero-order valence-corrected chi connectivity index (χ0v) is 11.7. The SMILES string of the molecule is CCCN(Cc1ccccc1C#CCO)CC1CC1. The fraction of sp³-hybridized carbons (Fsp3) is 0.529. The van der Waals surface area contributed by atoms with Crippen LogP contribution in [0.5, 0.6) is 0 Å². The van der Waals surface area contributed by atoms with Gasteiger partial charge in [-0.2, -0.15) is 0 Å². The molecule has 1 aromatic rings. The lowest BCUT2D eigenvalue weighted by molar-refractivity contribution is 0.255. The quantitative estimate of drug-likeness (QED) is 0.792. The van der Waals surface area contributed by atoms with Crippen LogP contribution in [-0.4, -0.2) is 29.7 Å². The number of nitrogens with zero attached hydrogens (tertiary/aromatic N) is 1. The Morgan fingerprint density at radius 1 is 1.32 bits per heavy atom. The van der Waals surface area contributed by atoms with Gasteiger partial charge in [-0.15, -0.1) is 0 Å². The number of benzene rings is 1. The average molecular weight is 257 g/mol. The maximum absolute atomic E-state index is 8.83. The van der Waals surface area contributed by atoms with Gasteiger partial charge in [-0.05, 0) is 43.4 Å². The highest BCUT2D eigenvalue weighted by molar-refractivity contribution is 5.41. The van der Waals surface area contributed by atoms with Crippen molar-refractivity contribution in [1.29, 1.82) is 0 Å². The van der Waals surface area contributed by atoms with E-state index in [-0.39, 0.29) is 6.61 Å². The highest BCUT2D eigenvalue weighted by atomic mass is 16.2. The summed E-state index contributed by atoms with van der Waals surface area (Å²) in [5.41, 5.74) is 2.33. The molecule has 0 saturated heterocycles. The predicted molar refractivity (Wildman–Crippen MR) is 78.7 cm³/mol. The summed E-state index contributed by atoms with van der Waals surface area (Å²) in [6.07, 6.45) is 3.98. The third-order valence-electron chi connectivity index (χ3n) is 3.47. The number of aliphatic hydroxyl groups is 1. The Balaban J connectivity index is 2.06. The van der Waals surface area contributed by atoms with Crippen molar-refractivity contribution in [3.63, 3.8) is 0 Å². The van der Waals surface area contributed by atoms with Crippen molar-refractivity contribution in [2.45, 2.75) is 32.7 Å². The van der Waals surface area contributed by atoms with E-state index in [1.165, 1.54) is 31.4 Å². The first kappa shape index (κ1) is 14.1. The molecule has 1 saturated carbocycles. The largest absolute Gasteiger partial charge is 0.384 e. The van der Waals surface area contributed by atoms with Crippen LogP contribution in [0.15, 0.2) is 24.3 Å². The van der Waals surface area contributed by atoms with Crippen LogP contribution in [0.2, 0.25) is 0 Å². The first-order valence-corrected chi connectivity index (χ1v) is 7.23. The van der Waals surface area contributed by atoms with Gasteiger partial charge in [0, 0.05) is 18.7 Å². The van der Waals surface area contributed by atoms with Crippen molar-refractivity contribution in [1.82, 2.24) is 4.90 Å². The molecule has 0 aromatic heterocycles. The summed E-state index contributed by atoms with van der Waals surface area (Å²) >= 11 is 0. The van der Waals surface area contributed by atoms with Crippen molar-refractivity contribution in [2.75, 3.05) is 19.7 Å². The van der Waals surface area contributed by atoms with Crippen molar-refractivity contribution in [3.05, 3.63) is 35.4 Å². The van der Waals surface area contributed by atoms with Crippen LogP contribution in [0.25, 0.3) is 0 Å². The zero-order valence-electron chi connectivity index (χ0n) is 11.7. The Hall–Kier alpha value is -1.30. The highest BCUT2D eigenvalue weighted by Gasteiger charge is 2.24. The van der Waals surface area contributed by atoms with Crippen LogP contribution in [0.4, 0.5) is 0 Å². The molecule has 2 rings (SSSR count). The van der Waals surface area contributed by atoms with Gasteiger partial charge in [0.15, 0.2) is 0 Å². The van der Waals surface area contributed by atoms with Crippen LogP contribution in [0.1, 0.15) is 37.3 Å². The third-order valence-corrected chi connectivity index (χ3v) is 3.47. The molecular formula is C17H23NO. The summed E-state index contributed by atoms with van der Waals surface area (Å²) < 4.78 is 0. The van der Waals surface area contributed by atoms with E-state index in [0.29, 0.717) is 0 Å². The Labute approximate surface area is 116 Å². The second-order valence-electron chi connectivity index (χ2n) is 5.30. The molecule has 0 unspecified atom stereocenters. The molecule has 0 atom stereocenters. The Morgan fingerprint density at radius 3 is 2.79 bits per heavy atom. The van der Waals surface area contributed by atoms with E-state index in [2.05, 4.69) is 35.8 Å². The summed E-state index contributed by atoms with van der Waals surface area (Å²) in [7, 11) is 0. The summed E-state index contributed by atoms with van der Waals surface area (Å²) in [6.45, 7) is 5.50. The molecule has 1 N–H and O–H groups in total. The molecule has 1 aliphatic rings. The van der Waals surface area contributed by atoms with Crippen molar-refractivity contribution in [3.8, 4) is 11.8 Å². The van der Waals surface area contributed by atoms with Crippen molar-refractivity contribution < 1.29 is 5.11 Å². The van der Waals surface area contributed by atoms with E-state index in [1.807, 2.05) is 12.1 Å². The molecule has 2 nitrogen and oxygen atoms in total. The summed E-state index contributed by atoms with van der Waals surface area (Å²) in [5, 5.41) is 8.83. The number of rotatable bonds is 6. The standard InChI is InChI=1S/C17H23NO/c1-2-11-18(13-15-9-10-15)14-17-7-4-3-6-16(17)8-5-12-19/h3-4,6-7,15,19H,2,9-14H2,1H3. The maximum atomic E-state index is 8.83. The molecule has 0 bridgehead atoms. The predicted octanol–water partition coefficient (Wildman–Crippen LogP) is 2.65. The molecule has 19 heavy (non-hydrogen) atoms. The maximum Gasteiger partial charge on any atom is 0.104 e. The lowest BCUT2D eigenvalue weighted by Crippen LogP contribution is -2.26. The van der Waals surface area contributed by atoms with Gasteiger partial charge in [0.25, 0.3) is 0 Å². The number of hydrogen-bond donors (Lipinski definition) is 1. The fourth-order valence-electron chi connectivity index (χ4n) is 2.37. The van der Waals surface area contributed by atoms with Gasteiger partial charge in [0.05, 0.1) is 0 Å². The second kappa shape index (κ2) is 7.33. The zero-order chi connectivity index (χ0) is 13.5. The average Bonchev–Trinajstić information content (AvgIpc) is 3.22. The molecule has 0 amide bonds. The summed E-state index contributed by atoms with van der Waals surface area (Å²) in [4.78, 5) is 2.54. The molecule has 2 heteroatoms. The number of hydrogen-bond acceptors (Lipinski definition) is 2. The van der Waals surface area contributed by atoms with E-state index in [4.69, 9.17) is 5.11 Å². The second-order valence-corrected chi connectivity index (χ2v) is 5.30. The molecule has 0 heterocycles. The van der Waals surface area contributed by atoms with E-state index >= 15 is 0 Å². The van der Waals surface area contributed by atoms with Gasteiger partial charge < -0.3 is 5.11 Å². The first-order chi connectivity index (χ1) is 9.33. The molecule has 0 radical (unpaired) electrons. The van der Waals surface area contributed by atoms with Crippen LogP contribution >= 0.6 is 0 Å². The molecule has 0 spiro atoms. The third kappa shape index (κ3) is 4.70. The van der Waals surface area contributed by atoms with E-state index in [0.717, 1.165) is 24.6 Å². The summed E-state index contributed by atoms with van der Waals surface area (Å²) in [5.74, 6) is 6.72. The topological polar surface area (TPSA) is 23.5 Å². The van der Waals surface area contributed by atoms with Gasteiger partial charge in [-0.1, -0.05) is 37.0 Å². The molecule has 1 aromatic carbocycles. The Morgan fingerprint density at radius 2 is 2.11 bits per heavy atom. The molecule has 1 fully saturated rings. The molecular weight excluding hydrogens is 234 g/mol. The van der Waals surface area contributed by atoms with Gasteiger partial charge in [0.1, 0.15) is 6.61 Å². The van der Waals surface area contributed by atoms with Gasteiger partial charge >= 0.3 is 0 Å². The first-order valence-electron chi connectivity index (χ1n) is 7.23. The minimum Gasteiger partial charge on any atom is -0.384 e. The lowest BCUT2D eigenvalue weighted by Gasteiger charge is -2.22. The van der Waals surface area contributed by atoms with Crippen LogP contribution in [0.3, 0.4) is 0 Å². The van der Waals surface area contributed by atoms with E-state index in [1.54, 1.807) is 0 Å². The monoisotopic (exact) mass is 257 g/mol.